The Balaban J connectivity index is 2.09. The van der Waals surface area contributed by atoms with Gasteiger partial charge in [0.2, 0.25) is 0 Å². The molecule has 8 heteroatoms. The molecule has 0 bridgehead atoms. The average Bonchev–Trinajstić information content (AvgIpc) is 3.17. The molecule has 158 valence electrons. The standard InChI is InChI=1S/C22H25N3O4S/c1-6-29-21(26)15(3)30-22-24-23-20(25(22)17-10-7-14(2)8-11-17)16-9-12-18(27-4)19(13-16)28-5/h7-13,15H,6H2,1-5H3. The first-order valence-electron chi connectivity index (χ1n) is 9.56. The number of hydrogen-bond acceptors (Lipinski definition) is 7. The summed E-state index contributed by atoms with van der Waals surface area (Å²) in [5.74, 6) is 1.59. The van der Waals surface area contributed by atoms with Crippen LogP contribution in [0.1, 0.15) is 19.4 Å². The lowest BCUT2D eigenvalue weighted by molar-refractivity contribution is -0.142. The minimum atomic E-state index is -0.420. The van der Waals surface area contributed by atoms with Crippen molar-refractivity contribution in [2.24, 2.45) is 0 Å². The molecule has 3 aromatic rings. The van der Waals surface area contributed by atoms with E-state index in [4.69, 9.17) is 14.2 Å². The van der Waals surface area contributed by atoms with Crippen molar-refractivity contribution in [3.05, 3.63) is 48.0 Å². The van der Waals surface area contributed by atoms with E-state index in [1.165, 1.54) is 11.8 Å². The molecule has 0 saturated heterocycles. The molecule has 0 aliphatic carbocycles. The second-order valence-electron chi connectivity index (χ2n) is 6.56. The summed E-state index contributed by atoms with van der Waals surface area (Å²) in [6.07, 6.45) is 0. The van der Waals surface area contributed by atoms with Crippen LogP contribution in [0.15, 0.2) is 47.6 Å². The van der Waals surface area contributed by atoms with Gasteiger partial charge in [0.05, 0.1) is 20.8 Å². The lowest BCUT2D eigenvalue weighted by atomic mass is 10.1. The molecule has 0 radical (unpaired) electrons. The van der Waals surface area contributed by atoms with Gasteiger partial charge in [0, 0.05) is 11.3 Å². The topological polar surface area (TPSA) is 75.5 Å². The Morgan fingerprint density at radius 1 is 1.07 bits per heavy atom. The Labute approximate surface area is 180 Å². The molecule has 1 aromatic heterocycles. The minimum Gasteiger partial charge on any atom is -0.493 e. The molecule has 0 N–H and O–H groups in total. The van der Waals surface area contributed by atoms with Crippen LogP contribution < -0.4 is 9.47 Å². The lowest BCUT2D eigenvalue weighted by Gasteiger charge is -2.14. The summed E-state index contributed by atoms with van der Waals surface area (Å²) in [5.41, 5.74) is 2.86. The SMILES string of the molecule is CCOC(=O)C(C)Sc1nnc(-c2ccc(OC)c(OC)c2)n1-c1ccc(C)cc1. The fraction of sp³-hybridized carbons (Fsp3) is 0.318. The molecule has 0 fully saturated rings. The monoisotopic (exact) mass is 427 g/mol. The molecule has 1 atom stereocenters. The van der Waals surface area contributed by atoms with E-state index in [0.717, 1.165) is 16.8 Å². The van der Waals surface area contributed by atoms with Crippen molar-refractivity contribution in [2.45, 2.75) is 31.2 Å². The van der Waals surface area contributed by atoms with Crippen LogP contribution in [-0.4, -0.2) is 46.8 Å². The zero-order valence-electron chi connectivity index (χ0n) is 17.7. The minimum absolute atomic E-state index is 0.284. The quantitative estimate of drug-likeness (QED) is 0.392. The number of methoxy groups -OCH3 is 2. The Bertz CT molecular complexity index is 1020. The molecular weight excluding hydrogens is 402 g/mol. The van der Waals surface area contributed by atoms with Gasteiger partial charge >= 0.3 is 5.97 Å². The van der Waals surface area contributed by atoms with Crippen LogP contribution in [0.25, 0.3) is 17.1 Å². The second kappa shape index (κ2) is 9.67. The third kappa shape index (κ3) is 4.59. The number of aryl methyl sites for hydroxylation is 1. The molecule has 1 unspecified atom stereocenters. The van der Waals surface area contributed by atoms with Crippen LogP contribution in [0.4, 0.5) is 0 Å². The molecule has 0 aliphatic rings. The summed E-state index contributed by atoms with van der Waals surface area (Å²) in [5, 5.41) is 8.97. The Hall–Kier alpha value is -3.00. The van der Waals surface area contributed by atoms with Gasteiger partial charge in [0.1, 0.15) is 5.25 Å². The van der Waals surface area contributed by atoms with Crippen molar-refractivity contribution in [2.75, 3.05) is 20.8 Å². The van der Waals surface area contributed by atoms with E-state index in [9.17, 15) is 4.79 Å². The van der Waals surface area contributed by atoms with Gasteiger partial charge in [-0.25, -0.2) is 0 Å². The van der Waals surface area contributed by atoms with Gasteiger partial charge < -0.3 is 14.2 Å². The molecule has 0 spiro atoms. The van der Waals surface area contributed by atoms with E-state index in [2.05, 4.69) is 10.2 Å². The van der Waals surface area contributed by atoms with Crippen molar-refractivity contribution in [3.8, 4) is 28.6 Å². The molecule has 2 aromatic carbocycles. The zero-order chi connectivity index (χ0) is 21.7. The predicted molar refractivity (Wildman–Crippen MR) is 117 cm³/mol. The molecule has 3 rings (SSSR count). The van der Waals surface area contributed by atoms with Gasteiger partial charge in [0.25, 0.3) is 0 Å². The van der Waals surface area contributed by atoms with Crippen molar-refractivity contribution in [1.82, 2.24) is 14.8 Å². The number of hydrogen-bond donors (Lipinski definition) is 0. The normalized spacial score (nSPS) is 11.8. The molecule has 0 amide bonds. The number of benzene rings is 2. The smallest absolute Gasteiger partial charge is 0.319 e. The van der Waals surface area contributed by atoms with Gasteiger partial charge in [-0.1, -0.05) is 29.5 Å². The summed E-state index contributed by atoms with van der Waals surface area (Å²) in [4.78, 5) is 12.1. The van der Waals surface area contributed by atoms with E-state index in [1.54, 1.807) is 28.1 Å². The van der Waals surface area contributed by atoms with Crippen LogP contribution in [0, 0.1) is 6.92 Å². The van der Waals surface area contributed by atoms with Crippen molar-refractivity contribution >= 4 is 17.7 Å². The molecular formula is C22H25N3O4S. The summed E-state index contributed by atoms with van der Waals surface area (Å²) in [6.45, 7) is 5.96. The Morgan fingerprint density at radius 2 is 1.77 bits per heavy atom. The number of aromatic nitrogens is 3. The third-order valence-electron chi connectivity index (χ3n) is 4.47. The molecule has 0 aliphatic heterocycles. The second-order valence-corrected chi connectivity index (χ2v) is 7.87. The average molecular weight is 428 g/mol. The van der Waals surface area contributed by atoms with Gasteiger partial charge in [0.15, 0.2) is 22.5 Å². The number of carbonyl (C=O) groups excluding carboxylic acids is 1. The van der Waals surface area contributed by atoms with Crippen LogP contribution in [0.3, 0.4) is 0 Å². The largest absolute Gasteiger partial charge is 0.493 e. The number of esters is 1. The summed E-state index contributed by atoms with van der Waals surface area (Å²) >= 11 is 1.31. The number of nitrogens with zero attached hydrogens (tertiary/aromatic N) is 3. The predicted octanol–water partition coefficient (Wildman–Crippen LogP) is 4.30. The number of rotatable bonds is 8. The Kier molecular flexibility index (Phi) is 6.99. The highest BCUT2D eigenvalue weighted by Crippen LogP contribution is 2.35. The number of ether oxygens (including phenoxy) is 3. The summed E-state index contributed by atoms with van der Waals surface area (Å²) in [6, 6.07) is 13.6. The van der Waals surface area contributed by atoms with Crippen molar-refractivity contribution < 1.29 is 19.0 Å². The van der Waals surface area contributed by atoms with Crippen LogP contribution in [0.2, 0.25) is 0 Å². The van der Waals surface area contributed by atoms with E-state index >= 15 is 0 Å². The summed E-state index contributed by atoms with van der Waals surface area (Å²) in [7, 11) is 3.19. The maximum atomic E-state index is 12.1. The maximum absolute atomic E-state index is 12.1. The maximum Gasteiger partial charge on any atom is 0.319 e. The highest BCUT2D eigenvalue weighted by atomic mass is 32.2. The lowest BCUT2D eigenvalue weighted by Crippen LogP contribution is -2.17. The summed E-state index contributed by atoms with van der Waals surface area (Å²) < 4.78 is 17.8. The fourth-order valence-electron chi connectivity index (χ4n) is 2.90. The molecule has 30 heavy (non-hydrogen) atoms. The third-order valence-corrected chi connectivity index (χ3v) is 5.49. The zero-order valence-corrected chi connectivity index (χ0v) is 18.5. The Morgan fingerprint density at radius 3 is 2.40 bits per heavy atom. The van der Waals surface area contributed by atoms with E-state index in [-0.39, 0.29) is 5.97 Å². The highest BCUT2D eigenvalue weighted by molar-refractivity contribution is 8.00. The van der Waals surface area contributed by atoms with Crippen molar-refractivity contribution in [3.63, 3.8) is 0 Å². The van der Waals surface area contributed by atoms with Gasteiger partial charge in [-0.3, -0.25) is 9.36 Å². The van der Waals surface area contributed by atoms with Crippen LogP contribution >= 0.6 is 11.8 Å². The first kappa shape index (κ1) is 21.7. The first-order chi connectivity index (χ1) is 14.5. The van der Waals surface area contributed by atoms with E-state index < -0.39 is 5.25 Å². The van der Waals surface area contributed by atoms with Crippen LogP contribution in [-0.2, 0) is 9.53 Å². The fourth-order valence-corrected chi connectivity index (χ4v) is 3.77. The van der Waals surface area contributed by atoms with Crippen molar-refractivity contribution in [1.29, 1.82) is 0 Å². The van der Waals surface area contributed by atoms with Gasteiger partial charge in [-0.05, 0) is 51.1 Å². The highest BCUT2D eigenvalue weighted by Gasteiger charge is 2.23. The molecule has 7 nitrogen and oxygen atoms in total. The van der Waals surface area contributed by atoms with E-state index in [0.29, 0.717) is 29.1 Å². The molecule has 0 saturated carbocycles. The van der Waals surface area contributed by atoms with Crippen LogP contribution in [0.5, 0.6) is 11.5 Å². The number of carbonyl (C=O) groups is 1. The van der Waals surface area contributed by atoms with E-state index in [1.807, 2.05) is 54.0 Å². The van der Waals surface area contributed by atoms with Gasteiger partial charge in [-0.15, -0.1) is 10.2 Å². The molecule has 1 heterocycles. The van der Waals surface area contributed by atoms with Gasteiger partial charge in [-0.2, -0.15) is 0 Å². The number of thioether (sulfide) groups is 1. The first-order valence-corrected chi connectivity index (χ1v) is 10.4.